The van der Waals surface area contributed by atoms with E-state index in [0.29, 0.717) is 28.5 Å². The van der Waals surface area contributed by atoms with Gasteiger partial charge in [0.1, 0.15) is 5.37 Å². The van der Waals surface area contributed by atoms with E-state index < -0.39 is 0 Å². The molecular weight excluding hydrogens is 424 g/mol. The molecule has 6 nitrogen and oxygen atoms in total. The number of benzene rings is 3. The molecule has 5 rings (SSSR count). The number of hydrogen-bond donors (Lipinski definition) is 1. The summed E-state index contributed by atoms with van der Waals surface area (Å²) in [4.78, 5) is 27.1. The summed E-state index contributed by atoms with van der Waals surface area (Å²) in [6.07, 6.45) is 0. The highest BCUT2D eigenvalue weighted by atomic mass is 32.2. The zero-order valence-electron chi connectivity index (χ0n) is 17.8. The first-order chi connectivity index (χ1) is 15.5. The third-order valence-electron chi connectivity index (χ3n) is 5.73. The number of carbonyl (C=O) groups is 2. The van der Waals surface area contributed by atoms with Gasteiger partial charge < -0.3 is 14.8 Å². The maximum atomic E-state index is 12.6. The van der Waals surface area contributed by atoms with Gasteiger partial charge in [0.15, 0.2) is 11.5 Å². The van der Waals surface area contributed by atoms with Crippen LogP contribution in [0, 0.1) is 13.8 Å². The molecule has 1 atom stereocenters. The standard InChI is InChI=1S/C25H22N2O4S/c1-15-3-9-20(11-16(15)2)27-23(28)13-32-25(27)17-4-7-19(8-5-17)26-24(29)18-6-10-21-22(12-18)31-14-30-21/h3-12,25H,13-14H2,1-2H3,(H,26,29)/t25-/m1/s1. The Morgan fingerprint density at radius 2 is 1.75 bits per heavy atom. The van der Waals surface area contributed by atoms with Gasteiger partial charge in [0.05, 0.1) is 5.75 Å². The quantitative estimate of drug-likeness (QED) is 0.607. The van der Waals surface area contributed by atoms with Crippen molar-refractivity contribution in [2.24, 2.45) is 0 Å². The lowest BCUT2D eigenvalue weighted by Gasteiger charge is -2.25. The van der Waals surface area contributed by atoms with Crippen LogP contribution in [0.25, 0.3) is 0 Å². The molecule has 0 bridgehead atoms. The number of rotatable bonds is 4. The van der Waals surface area contributed by atoms with E-state index >= 15 is 0 Å². The highest BCUT2D eigenvalue weighted by Gasteiger charge is 2.34. The number of anilines is 2. The molecule has 3 aromatic rings. The van der Waals surface area contributed by atoms with Crippen molar-refractivity contribution in [3.8, 4) is 11.5 Å². The van der Waals surface area contributed by atoms with Crippen LogP contribution in [-0.4, -0.2) is 24.4 Å². The smallest absolute Gasteiger partial charge is 0.255 e. The van der Waals surface area contributed by atoms with Crippen molar-refractivity contribution in [3.05, 3.63) is 82.9 Å². The first-order valence-corrected chi connectivity index (χ1v) is 11.4. The Morgan fingerprint density at radius 3 is 2.53 bits per heavy atom. The molecule has 2 amide bonds. The molecule has 32 heavy (non-hydrogen) atoms. The van der Waals surface area contributed by atoms with Crippen LogP contribution in [0.3, 0.4) is 0 Å². The normalized spacial score (nSPS) is 17.0. The maximum Gasteiger partial charge on any atom is 0.255 e. The van der Waals surface area contributed by atoms with Gasteiger partial charge in [-0.15, -0.1) is 11.8 Å². The Balaban J connectivity index is 1.33. The summed E-state index contributed by atoms with van der Waals surface area (Å²) in [6, 6.07) is 18.9. The number of hydrogen-bond acceptors (Lipinski definition) is 5. The van der Waals surface area contributed by atoms with Crippen LogP contribution in [0.4, 0.5) is 11.4 Å². The summed E-state index contributed by atoms with van der Waals surface area (Å²) < 4.78 is 10.6. The molecular formula is C25H22N2O4S. The molecule has 0 saturated carbocycles. The first kappa shape index (κ1) is 20.5. The van der Waals surface area contributed by atoms with Crippen molar-refractivity contribution in [2.75, 3.05) is 22.8 Å². The fourth-order valence-corrected chi connectivity index (χ4v) is 4.97. The van der Waals surface area contributed by atoms with Crippen molar-refractivity contribution >= 4 is 35.0 Å². The largest absolute Gasteiger partial charge is 0.454 e. The molecule has 7 heteroatoms. The molecule has 0 spiro atoms. The van der Waals surface area contributed by atoms with E-state index in [4.69, 9.17) is 9.47 Å². The molecule has 162 valence electrons. The summed E-state index contributed by atoms with van der Waals surface area (Å²) >= 11 is 1.61. The van der Waals surface area contributed by atoms with Crippen molar-refractivity contribution in [3.63, 3.8) is 0 Å². The third kappa shape index (κ3) is 3.80. The van der Waals surface area contributed by atoms with Gasteiger partial charge in [-0.3, -0.25) is 14.5 Å². The van der Waals surface area contributed by atoms with Crippen LogP contribution in [0.2, 0.25) is 0 Å². The molecule has 1 saturated heterocycles. The molecule has 1 N–H and O–H groups in total. The van der Waals surface area contributed by atoms with Crippen LogP contribution >= 0.6 is 11.8 Å². The second-order valence-corrected chi connectivity index (χ2v) is 8.91. The number of aryl methyl sites for hydroxylation is 2. The SMILES string of the molecule is Cc1ccc(N2C(=O)CS[C@@H]2c2ccc(NC(=O)c3ccc4c(c3)OCO4)cc2)cc1C. The summed E-state index contributed by atoms with van der Waals surface area (Å²) in [6.45, 7) is 4.29. The number of thioether (sulfide) groups is 1. The molecule has 3 aromatic carbocycles. The van der Waals surface area contributed by atoms with E-state index in [1.807, 2.05) is 41.3 Å². The fraction of sp³-hybridized carbons (Fsp3) is 0.200. The van der Waals surface area contributed by atoms with E-state index in [1.54, 1.807) is 30.0 Å². The summed E-state index contributed by atoms with van der Waals surface area (Å²) in [5.74, 6) is 1.53. The van der Waals surface area contributed by atoms with Gasteiger partial charge in [0.25, 0.3) is 5.91 Å². The van der Waals surface area contributed by atoms with Crippen LogP contribution in [0.5, 0.6) is 11.5 Å². The lowest BCUT2D eigenvalue weighted by atomic mass is 10.1. The second-order valence-electron chi connectivity index (χ2n) is 7.84. The van der Waals surface area contributed by atoms with Crippen molar-refractivity contribution in [1.29, 1.82) is 0 Å². The highest BCUT2D eigenvalue weighted by molar-refractivity contribution is 8.00. The predicted octanol–water partition coefficient (Wildman–Crippen LogP) is 5.06. The monoisotopic (exact) mass is 446 g/mol. The first-order valence-electron chi connectivity index (χ1n) is 10.3. The fourth-order valence-electron chi connectivity index (χ4n) is 3.80. The molecule has 0 radical (unpaired) electrons. The van der Waals surface area contributed by atoms with Crippen molar-refractivity contribution in [2.45, 2.75) is 19.2 Å². The Bertz CT molecular complexity index is 1210. The number of fused-ring (bicyclic) bond motifs is 1. The van der Waals surface area contributed by atoms with E-state index in [9.17, 15) is 9.59 Å². The minimum atomic E-state index is -0.224. The van der Waals surface area contributed by atoms with E-state index in [1.165, 1.54) is 5.56 Å². The van der Waals surface area contributed by atoms with Crippen LogP contribution in [0.1, 0.15) is 32.4 Å². The van der Waals surface area contributed by atoms with Crippen LogP contribution in [0.15, 0.2) is 60.7 Å². The molecule has 0 unspecified atom stereocenters. The zero-order valence-corrected chi connectivity index (χ0v) is 18.6. The lowest BCUT2D eigenvalue weighted by Crippen LogP contribution is -2.27. The molecule has 2 aliphatic heterocycles. The maximum absolute atomic E-state index is 12.6. The van der Waals surface area contributed by atoms with Crippen LogP contribution in [-0.2, 0) is 4.79 Å². The Labute approximate surface area is 190 Å². The van der Waals surface area contributed by atoms with Gasteiger partial charge in [0, 0.05) is 16.9 Å². The topological polar surface area (TPSA) is 67.9 Å². The van der Waals surface area contributed by atoms with Gasteiger partial charge in [-0.05, 0) is 73.0 Å². The number of amides is 2. The zero-order chi connectivity index (χ0) is 22.2. The predicted molar refractivity (Wildman–Crippen MR) is 126 cm³/mol. The summed E-state index contributed by atoms with van der Waals surface area (Å²) in [7, 11) is 0. The average molecular weight is 447 g/mol. The number of carbonyl (C=O) groups excluding carboxylic acids is 2. The summed E-state index contributed by atoms with van der Waals surface area (Å²) in [5, 5.41) is 2.82. The van der Waals surface area contributed by atoms with Gasteiger partial charge >= 0.3 is 0 Å². The van der Waals surface area contributed by atoms with Crippen molar-refractivity contribution < 1.29 is 19.1 Å². The van der Waals surface area contributed by atoms with Gasteiger partial charge in [-0.25, -0.2) is 0 Å². The number of nitrogens with zero attached hydrogens (tertiary/aromatic N) is 1. The molecule has 2 heterocycles. The summed E-state index contributed by atoms with van der Waals surface area (Å²) in [5.41, 5.74) is 5.47. The second kappa shape index (κ2) is 8.24. The van der Waals surface area contributed by atoms with Crippen LogP contribution < -0.4 is 19.7 Å². The molecule has 0 aromatic heterocycles. The Hall–Kier alpha value is -3.45. The minimum absolute atomic E-state index is 0.0942. The molecule has 2 aliphatic rings. The van der Waals surface area contributed by atoms with E-state index in [0.717, 1.165) is 16.8 Å². The number of nitrogens with one attached hydrogen (secondary N) is 1. The van der Waals surface area contributed by atoms with Gasteiger partial charge in [0.2, 0.25) is 12.7 Å². The van der Waals surface area contributed by atoms with E-state index in [-0.39, 0.29) is 24.0 Å². The van der Waals surface area contributed by atoms with E-state index in [2.05, 4.69) is 25.2 Å². The lowest BCUT2D eigenvalue weighted by molar-refractivity contribution is -0.115. The number of ether oxygens (including phenoxy) is 2. The average Bonchev–Trinajstić information content (AvgIpc) is 3.42. The van der Waals surface area contributed by atoms with Gasteiger partial charge in [-0.2, -0.15) is 0 Å². The van der Waals surface area contributed by atoms with Gasteiger partial charge in [-0.1, -0.05) is 18.2 Å². The highest BCUT2D eigenvalue weighted by Crippen LogP contribution is 2.42. The third-order valence-corrected chi connectivity index (χ3v) is 6.94. The Kier molecular flexibility index (Phi) is 5.27. The molecule has 0 aliphatic carbocycles. The minimum Gasteiger partial charge on any atom is -0.454 e. The molecule has 1 fully saturated rings. The Morgan fingerprint density at radius 1 is 0.969 bits per heavy atom. The van der Waals surface area contributed by atoms with Crippen molar-refractivity contribution in [1.82, 2.24) is 0 Å².